The van der Waals surface area contributed by atoms with Gasteiger partial charge in [0, 0.05) is 38.7 Å². The lowest BCUT2D eigenvalue weighted by molar-refractivity contribution is -0.124. The predicted octanol–water partition coefficient (Wildman–Crippen LogP) is 3.23. The van der Waals surface area contributed by atoms with E-state index < -0.39 is 23.0 Å². The highest BCUT2D eigenvalue weighted by Crippen LogP contribution is 2.27. The molecule has 3 rings (SSSR count). The minimum absolute atomic E-state index is 0.268. The van der Waals surface area contributed by atoms with Crippen molar-refractivity contribution < 1.29 is 19.1 Å². The van der Waals surface area contributed by atoms with Gasteiger partial charge in [-0.25, -0.2) is 9.78 Å². The van der Waals surface area contributed by atoms with E-state index in [-0.39, 0.29) is 17.7 Å². The molecule has 1 aliphatic rings. The third-order valence-corrected chi connectivity index (χ3v) is 5.83. The maximum absolute atomic E-state index is 13.5. The first-order valence-corrected chi connectivity index (χ1v) is 12.0. The average Bonchev–Trinajstić information content (AvgIpc) is 2.99. The van der Waals surface area contributed by atoms with E-state index in [1.165, 1.54) is 0 Å². The number of carbonyl (C=O) groups excluding carboxylic acids is 3. The maximum Gasteiger partial charge on any atom is 0.410 e. The average molecular weight is 484 g/mol. The Balaban J connectivity index is 1.98. The minimum Gasteiger partial charge on any atom is -0.444 e. The zero-order valence-electron chi connectivity index (χ0n) is 21.8. The smallest absolute Gasteiger partial charge is 0.410 e. The monoisotopic (exact) mass is 483 g/mol. The molecule has 35 heavy (non-hydrogen) atoms. The Hall–Kier alpha value is -3.36. The van der Waals surface area contributed by atoms with Crippen LogP contribution < -0.4 is 10.6 Å². The Morgan fingerprint density at radius 3 is 2.23 bits per heavy atom. The van der Waals surface area contributed by atoms with Gasteiger partial charge in [-0.1, -0.05) is 51.1 Å². The first-order chi connectivity index (χ1) is 16.3. The highest BCUT2D eigenvalue weighted by molar-refractivity contribution is 5.98. The summed E-state index contributed by atoms with van der Waals surface area (Å²) in [6.45, 7) is 12.5. The van der Waals surface area contributed by atoms with Crippen LogP contribution in [0.5, 0.6) is 0 Å². The lowest BCUT2D eigenvalue weighted by atomic mass is 9.86. The van der Waals surface area contributed by atoms with Gasteiger partial charge in [0.1, 0.15) is 23.2 Å². The van der Waals surface area contributed by atoms with Crippen LogP contribution >= 0.6 is 0 Å². The Kier molecular flexibility index (Phi) is 7.57. The number of aromatic nitrogens is 2. The van der Waals surface area contributed by atoms with Crippen LogP contribution in [0, 0.1) is 5.41 Å². The van der Waals surface area contributed by atoms with Crippen molar-refractivity contribution in [2.75, 3.05) is 20.1 Å². The van der Waals surface area contributed by atoms with E-state index in [0.29, 0.717) is 31.9 Å². The first-order valence-electron chi connectivity index (χ1n) is 12.0. The number of imidazole rings is 1. The fraction of sp³-hybridized carbons (Fsp3) is 0.538. The molecule has 9 nitrogen and oxygen atoms in total. The van der Waals surface area contributed by atoms with Crippen LogP contribution in [0.3, 0.4) is 0 Å². The summed E-state index contributed by atoms with van der Waals surface area (Å²) >= 11 is 0. The summed E-state index contributed by atoms with van der Waals surface area (Å²) in [6.07, 6.45) is 0.0537. The molecule has 0 fully saturated rings. The number of hydrogen-bond acceptors (Lipinski definition) is 5. The second-order valence-electron chi connectivity index (χ2n) is 10.9. The van der Waals surface area contributed by atoms with E-state index in [1.54, 1.807) is 11.9 Å². The zero-order chi connectivity index (χ0) is 26.0. The van der Waals surface area contributed by atoms with E-state index in [9.17, 15) is 14.4 Å². The van der Waals surface area contributed by atoms with Gasteiger partial charge < -0.3 is 24.8 Å². The fourth-order valence-corrected chi connectivity index (χ4v) is 4.07. The number of ether oxygens (including phenoxy) is 1. The van der Waals surface area contributed by atoms with Gasteiger partial charge in [-0.15, -0.1) is 0 Å². The topological polar surface area (TPSA) is 106 Å². The molecule has 2 N–H and O–H groups in total. The Bertz CT molecular complexity index is 1080. The van der Waals surface area contributed by atoms with Gasteiger partial charge in [0.25, 0.3) is 5.91 Å². The molecule has 9 heteroatoms. The standard InChI is InChI=1S/C26H37N5O4/c1-25(2,3)20(23(33)27-7)29-22(32)19-18-13-14-30(24(34)35-26(4,5)6)15-16-31(18)21(28-19)17-11-9-8-10-12-17/h8-12,20H,13-16H2,1-7H3,(H,27,33)(H,29,32)/t20-/m1/s1. The van der Waals surface area contributed by atoms with Crippen molar-refractivity contribution in [3.05, 3.63) is 41.7 Å². The molecule has 1 atom stereocenters. The molecule has 0 saturated carbocycles. The number of rotatable bonds is 4. The van der Waals surface area contributed by atoms with Gasteiger partial charge in [0.15, 0.2) is 0 Å². The number of nitrogens with one attached hydrogen (secondary N) is 2. The number of hydrogen-bond donors (Lipinski definition) is 2. The van der Waals surface area contributed by atoms with Crippen LogP contribution in [0.2, 0.25) is 0 Å². The van der Waals surface area contributed by atoms with Crippen molar-refractivity contribution in [2.45, 2.75) is 66.2 Å². The van der Waals surface area contributed by atoms with E-state index in [1.807, 2.05) is 76.4 Å². The van der Waals surface area contributed by atoms with Crippen LogP contribution in [0.1, 0.15) is 57.7 Å². The molecule has 1 aromatic carbocycles. The molecule has 0 radical (unpaired) electrons. The first kappa shape index (κ1) is 26.2. The lowest BCUT2D eigenvalue weighted by Gasteiger charge is -2.29. The van der Waals surface area contributed by atoms with E-state index in [0.717, 1.165) is 11.3 Å². The fourth-order valence-electron chi connectivity index (χ4n) is 4.07. The molecule has 0 aliphatic carbocycles. The van der Waals surface area contributed by atoms with Crippen LogP contribution in [-0.2, 0) is 22.5 Å². The highest BCUT2D eigenvalue weighted by atomic mass is 16.6. The molecule has 0 bridgehead atoms. The SMILES string of the molecule is CNC(=O)[C@@H](NC(=O)c1nc(-c2ccccc2)n2c1CCN(C(=O)OC(C)(C)C)CC2)C(C)(C)C. The third kappa shape index (κ3) is 6.21. The van der Waals surface area contributed by atoms with Crippen molar-refractivity contribution >= 4 is 17.9 Å². The van der Waals surface area contributed by atoms with E-state index >= 15 is 0 Å². The molecular weight excluding hydrogens is 446 g/mol. The van der Waals surface area contributed by atoms with Gasteiger partial charge in [-0.05, 0) is 26.2 Å². The van der Waals surface area contributed by atoms with Gasteiger partial charge in [0.05, 0.1) is 5.69 Å². The summed E-state index contributed by atoms with van der Waals surface area (Å²) in [5.74, 6) is -0.0234. The normalized spacial score (nSPS) is 15.0. The number of amides is 3. The largest absolute Gasteiger partial charge is 0.444 e. The molecular formula is C26H37N5O4. The summed E-state index contributed by atoms with van der Waals surface area (Å²) in [5.41, 5.74) is 0.784. The van der Waals surface area contributed by atoms with E-state index in [2.05, 4.69) is 10.6 Å². The molecule has 0 spiro atoms. The number of fused-ring (bicyclic) bond motifs is 1. The molecule has 2 heterocycles. The van der Waals surface area contributed by atoms with Crippen molar-refractivity contribution in [3.8, 4) is 11.4 Å². The van der Waals surface area contributed by atoms with Crippen LogP contribution in [0.4, 0.5) is 4.79 Å². The summed E-state index contributed by atoms with van der Waals surface area (Å²) in [4.78, 5) is 45.1. The van der Waals surface area contributed by atoms with Crippen LogP contribution in [0.25, 0.3) is 11.4 Å². The molecule has 0 saturated heterocycles. The molecule has 2 aromatic rings. The second-order valence-corrected chi connectivity index (χ2v) is 10.9. The van der Waals surface area contributed by atoms with Gasteiger partial charge in [0.2, 0.25) is 5.91 Å². The molecule has 0 unspecified atom stereocenters. The van der Waals surface area contributed by atoms with Crippen LogP contribution in [0.15, 0.2) is 30.3 Å². The third-order valence-electron chi connectivity index (χ3n) is 5.83. The quantitative estimate of drug-likeness (QED) is 0.695. The van der Waals surface area contributed by atoms with E-state index in [4.69, 9.17) is 9.72 Å². The highest BCUT2D eigenvalue weighted by Gasteiger charge is 2.35. The number of likely N-dealkylation sites (N-methyl/N-ethyl adjacent to an activating group) is 1. The minimum atomic E-state index is -0.735. The molecule has 1 aromatic heterocycles. The molecule has 190 valence electrons. The molecule has 1 aliphatic heterocycles. The number of benzene rings is 1. The van der Waals surface area contributed by atoms with Gasteiger partial charge in [-0.2, -0.15) is 0 Å². The maximum atomic E-state index is 13.5. The van der Waals surface area contributed by atoms with Crippen molar-refractivity contribution in [3.63, 3.8) is 0 Å². The lowest BCUT2D eigenvalue weighted by Crippen LogP contribution is -2.53. The summed E-state index contributed by atoms with van der Waals surface area (Å²) in [6, 6.07) is 8.91. The van der Waals surface area contributed by atoms with Crippen molar-refractivity contribution in [1.29, 1.82) is 0 Å². The van der Waals surface area contributed by atoms with Crippen molar-refractivity contribution in [2.24, 2.45) is 5.41 Å². The summed E-state index contributed by atoms with van der Waals surface area (Å²) in [5, 5.41) is 5.52. The van der Waals surface area contributed by atoms with Crippen molar-refractivity contribution in [1.82, 2.24) is 25.1 Å². The number of carbonyl (C=O) groups is 3. The predicted molar refractivity (Wildman–Crippen MR) is 134 cm³/mol. The Morgan fingerprint density at radius 1 is 1.00 bits per heavy atom. The molecule has 3 amide bonds. The Labute approximate surface area is 207 Å². The number of nitrogens with zero attached hydrogens (tertiary/aromatic N) is 3. The summed E-state index contributed by atoms with van der Waals surface area (Å²) < 4.78 is 7.57. The Morgan fingerprint density at radius 2 is 1.66 bits per heavy atom. The van der Waals surface area contributed by atoms with Crippen LogP contribution in [-0.4, -0.2) is 64.1 Å². The summed E-state index contributed by atoms with van der Waals surface area (Å²) in [7, 11) is 1.55. The zero-order valence-corrected chi connectivity index (χ0v) is 21.8. The van der Waals surface area contributed by atoms with Gasteiger partial charge >= 0.3 is 6.09 Å². The van der Waals surface area contributed by atoms with Gasteiger partial charge in [-0.3, -0.25) is 9.59 Å². The second kappa shape index (κ2) is 10.1.